The van der Waals surface area contributed by atoms with Gasteiger partial charge in [-0.15, -0.1) is 11.3 Å². The molecule has 1 aromatic carbocycles. The fourth-order valence-corrected chi connectivity index (χ4v) is 2.75. The number of aromatic nitrogens is 2. The van der Waals surface area contributed by atoms with Gasteiger partial charge in [-0.25, -0.2) is 9.07 Å². The summed E-state index contributed by atoms with van der Waals surface area (Å²) in [6, 6.07) is 9.88. The molecule has 0 saturated carbocycles. The first-order chi connectivity index (χ1) is 10.6. The molecule has 22 heavy (non-hydrogen) atoms. The molecule has 0 saturated heterocycles. The Morgan fingerprint density at radius 2 is 2.05 bits per heavy atom. The third-order valence-corrected chi connectivity index (χ3v) is 4.13. The average Bonchev–Trinajstić information content (AvgIpc) is 3.15. The number of ketones is 1. The van der Waals surface area contributed by atoms with E-state index in [1.807, 2.05) is 24.4 Å². The highest BCUT2D eigenvalue weighted by atomic mass is 32.1. The Hall–Kier alpha value is -2.53. The Bertz CT molecular complexity index is 817. The third-order valence-electron chi connectivity index (χ3n) is 3.29. The van der Waals surface area contributed by atoms with Crippen LogP contribution in [0.1, 0.15) is 20.9 Å². The largest absolute Gasteiger partial charge is 0.289 e. The molecule has 5 heteroatoms. The van der Waals surface area contributed by atoms with E-state index in [2.05, 4.69) is 5.10 Å². The molecule has 0 spiro atoms. The van der Waals surface area contributed by atoms with Crippen molar-refractivity contribution in [1.29, 1.82) is 0 Å². The Balaban J connectivity index is 1.87. The van der Waals surface area contributed by atoms with Crippen molar-refractivity contribution < 1.29 is 9.18 Å². The lowest BCUT2D eigenvalue weighted by molar-refractivity contribution is 0.104. The van der Waals surface area contributed by atoms with E-state index >= 15 is 0 Å². The number of nitrogens with zero attached hydrogens (tertiary/aromatic N) is 2. The van der Waals surface area contributed by atoms with Crippen molar-refractivity contribution in [3.05, 3.63) is 76.0 Å². The number of halogens is 1. The quantitative estimate of drug-likeness (QED) is 0.532. The van der Waals surface area contributed by atoms with Crippen molar-refractivity contribution in [3.8, 4) is 5.69 Å². The number of carbonyl (C=O) groups is 1. The molecule has 3 rings (SSSR count). The molecule has 3 aromatic rings. The van der Waals surface area contributed by atoms with Crippen LogP contribution in [0.15, 0.2) is 54.1 Å². The lowest BCUT2D eigenvalue weighted by atomic mass is 10.1. The van der Waals surface area contributed by atoms with Crippen LogP contribution in [0.4, 0.5) is 4.39 Å². The maximum atomic E-state index is 13.0. The molecular weight excluding hydrogens is 299 g/mol. The standard InChI is InChI=1S/C17H13FN2OS/c1-12-16(17(21)9-8-15-3-2-10-22-15)11-19-20(12)14-6-4-13(18)5-7-14/h2-11H,1H3/b9-8+. The van der Waals surface area contributed by atoms with E-state index in [1.54, 1.807) is 46.5 Å². The maximum Gasteiger partial charge on any atom is 0.189 e. The van der Waals surface area contributed by atoms with E-state index in [-0.39, 0.29) is 11.6 Å². The number of benzene rings is 1. The molecule has 0 fully saturated rings. The van der Waals surface area contributed by atoms with Crippen LogP contribution in [0.5, 0.6) is 0 Å². The van der Waals surface area contributed by atoms with Crippen LogP contribution in [0.2, 0.25) is 0 Å². The van der Waals surface area contributed by atoms with E-state index in [0.29, 0.717) is 5.56 Å². The van der Waals surface area contributed by atoms with Crippen molar-refractivity contribution in [2.75, 3.05) is 0 Å². The second-order valence-corrected chi connectivity index (χ2v) is 5.72. The van der Waals surface area contributed by atoms with Crippen LogP contribution in [0.3, 0.4) is 0 Å². The molecule has 2 aromatic heterocycles. The summed E-state index contributed by atoms with van der Waals surface area (Å²) in [7, 11) is 0. The fourth-order valence-electron chi connectivity index (χ4n) is 2.13. The summed E-state index contributed by atoms with van der Waals surface area (Å²) in [5.41, 5.74) is 1.99. The summed E-state index contributed by atoms with van der Waals surface area (Å²) in [6.07, 6.45) is 4.88. The minimum absolute atomic E-state index is 0.0979. The van der Waals surface area contributed by atoms with Crippen molar-refractivity contribution >= 4 is 23.2 Å². The Labute approximate surface area is 131 Å². The van der Waals surface area contributed by atoms with Gasteiger partial charge in [0.2, 0.25) is 0 Å². The first-order valence-corrected chi connectivity index (χ1v) is 7.59. The molecule has 0 aliphatic heterocycles. The lowest BCUT2D eigenvalue weighted by Gasteiger charge is -2.04. The van der Waals surface area contributed by atoms with Crippen molar-refractivity contribution in [2.45, 2.75) is 6.92 Å². The maximum absolute atomic E-state index is 13.0. The molecule has 0 aliphatic rings. The summed E-state index contributed by atoms with van der Waals surface area (Å²) < 4.78 is 14.6. The van der Waals surface area contributed by atoms with Crippen LogP contribution in [0, 0.1) is 12.7 Å². The van der Waals surface area contributed by atoms with Gasteiger partial charge in [0.15, 0.2) is 5.78 Å². The molecule has 3 nitrogen and oxygen atoms in total. The van der Waals surface area contributed by atoms with Crippen molar-refractivity contribution in [3.63, 3.8) is 0 Å². The Morgan fingerprint density at radius 1 is 1.27 bits per heavy atom. The molecule has 0 radical (unpaired) electrons. The average molecular weight is 312 g/mol. The predicted octanol–water partition coefficient (Wildman–Crippen LogP) is 4.28. The summed E-state index contributed by atoms with van der Waals surface area (Å²) in [5, 5.41) is 6.18. The van der Waals surface area contributed by atoms with Crippen LogP contribution in [-0.2, 0) is 0 Å². The second-order valence-electron chi connectivity index (χ2n) is 4.74. The third kappa shape index (κ3) is 2.89. The van der Waals surface area contributed by atoms with Crippen LogP contribution < -0.4 is 0 Å². The van der Waals surface area contributed by atoms with Gasteiger partial charge < -0.3 is 0 Å². The summed E-state index contributed by atoms with van der Waals surface area (Å²) in [4.78, 5) is 13.3. The normalized spacial score (nSPS) is 11.2. The monoisotopic (exact) mass is 312 g/mol. The minimum atomic E-state index is -0.302. The second kappa shape index (κ2) is 6.07. The number of carbonyl (C=O) groups excluding carboxylic acids is 1. The Morgan fingerprint density at radius 3 is 2.73 bits per heavy atom. The summed E-state index contributed by atoms with van der Waals surface area (Å²) in [5.74, 6) is -0.400. The van der Waals surface area contributed by atoms with E-state index in [1.165, 1.54) is 12.1 Å². The zero-order valence-corrected chi connectivity index (χ0v) is 12.7. The van der Waals surface area contributed by atoms with E-state index < -0.39 is 0 Å². The predicted molar refractivity (Wildman–Crippen MR) is 85.9 cm³/mol. The minimum Gasteiger partial charge on any atom is -0.289 e. The number of thiophene rings is 1. The highest BCUT2D eigenvalue weighted by molar-refractivity contribution is 7.10. The van der Waals surface area contributed by atoms with Crippen LogP contribution in [0.25, 0.3) is 11.8 Å². The first-order valence-electron chi connectivity index (χ1n) is 6.71. The SMILES string of the molecule is Cc1c(C(=O)/C=C/c2cccs2)cnn1-c1ccc(F)cc1. The van der Waals surface area contributed by atoms with Crippen molar-refractivity contribution in [1.82, 2.24) is 9.78 Å². The van der Waals surface area contributed by atoms with Gasteiger partial charge in [0.1, 0.15) is 5.82 Å². The van der Waals surface area contributed by atoms with E-state index in [9.17, 15) is 9.18 Å². The number of hydrogen-bond donors (Lipinski definition) is 0. The highest BCUT2D eigenvalue weighted by Gasteiger charge is 2.13. The number of allylic oxidation sites excluding steroid dienone is 1. The van der Waals surface area contributed by atoms with Gasteiger partial charge >= 0.3 is 0 Å². The molecule has 0 aliphatic carbocycles. The van der Waals surface area contributed by atoms with Crippen LogP contribution in [-0.4, -0.2) is 15.6 Å². The zero-order chi connectivity index (χ0) is 15.5. The first kappa shape index (κ1) is 14.4. The van der Waals surface area contributed by atoms with Crippen LogP contribution >= 0.6 is 11.3 Å². The van der Waals surface area contributed by atoms with E-state index in [4.69, 9.17) is 0 Å². The van der Waals surface area contributed by atoms with Gasteiger partial charge in [0.05, 0.1) is 23.1 Å². The lowest BCUT2D eigenvalue weighted by Crippen LogP contribution is -2.01. The number of rotatable bonds is 4. The van der Waals surface area contributed by atoms with E-state index in [0.717, 1.165) is 16.3 Å². The highest BCUT2D eigenvalue weighted by Crippen LogP contribution is 2.17. The molecule has 110 valence electrons. The van der Waals surface area contributed by atoms with Gasteiger partial charge in [0, 0.05) is 4.88 Å². The van der Waals surface area contributed by atoms with Gasteiger partial charge in [-0.05, 0) is 54.8 Å². The molecule has 0 unspecified atom stereocenters. The molecule has 0 bridgehead atoms. The molecular formula is C17H13FN2OS. The van der Waals surface area contributed by atoms with Crippen molar-refractivity contribution in [2.24, 2.45) is 0 Å². The zero-order valence-electron chi connectivity index (χ0n) is 11.9. The summed E-state index contributed by atoms with van der Waals surface area (Å²) in [6.45, 7) is 1.82. The molecule has 0 atom stereocenters. The van der Waals surface area contributed by atoms with Gasteiger partial charge in [-0.3, -0.25) is 4.79 Å². The Kier molecular flexibility index (Phi) is 3.98. The molecule has 0 amide bonds. The molecule has 0 N–H and O–H groups in total. The van der Waals surface area contributed by atoms with Gasteiger partial charge in [-0.2, -0.15) is 5.10 Å². The number of hydrogen-bond acceptors (Lipinski definition) is 3. The molecule has 2 heterocycles. The smallest absolute Gasteiger partial charge is 0.189 e. The van der Waals surface area contributed by atoms with Gasteiger partial charge in [-0.1, -0.05) is 6.07 Å². The topological polar surface area (TPSA) is 34.9 Å². The summed E-state index contributed by atoms with van der Waals surface area (Å²) >= 11 is 1.57. The van der Waals surface area contributed by atoms with Gasteiger partial charge in [0.25, 0.3) is 0 Å². The fraction of sp³-hybridized carbons (Fsp3) is 0.0588.